The molecule has 0 amide bonds. The van der Waals surface area contributed by atoms with Crippen molar-refractivity contribution in [3.05, 3.63) is 96.7 Å². The van der Waals surface area contributed by atoms with Crippen LogP contribution in [0.3, 0.4) is 0 Å². The van der Waals surface area contributed by atoms with Gasteiger partial charge in [0.15, 0.2) is 5.82 Å². The van der Waals surface area contributed by atoms with E-state index < -0.39 is 0 Å². The number of rotatable bonds is 4. The van der Waals surface area contributed by atoms with Gasteiger partial charge in [0.05, 0.1) is 11.7 Å². The molecule has 2 aromatic heterocycles. The highest BCUT2D eigenvalue weighted by molar-refractivity contribution is 6.03. The minimum Gasteiger partial charge on any atom is -0.407 e. The Labute approximate surface area is 156 Å². The van der Waals surface area contributed by atoms with Crippen molar-refractivity contribution < 1.29 is 4.84 Å². The summed E-state index contributed by atoms with van der Waals surface area (Å²) in [5, 5.41) is 1.03. The molecule has 2 heterocycles. The smallest absolute Gasteiger partial charge is 0.176 e. The molecule has 4 heteroatoms. The summed E-state index contributed by atoms with van der Waals surface area (Å²) in [4.78, 5) is 15.6. The number of hydrogen-bond donors (Lipinski definition) is 0. The molecular formula is C23H17N3O. The van der Waals surface area contributed by atoms with Crippen molar-refractivity contribution in [2.45, 2.75) is 6.61 Å². The molecule has 0 atom stereocenters. The van der Waals surface area contributed by atoms with Crippen molar-refractivity contribution in [2.75, 3.05) is 0 Å². The van der Waals surface area contributed by atoms with Gasteiger partial charge in [-0.05, 0) is 11.6 Å². The summed E-state index contributed by atoms with van der Waals surface area (Å²) in [7, 11) is 0. The molecule has 0 bridgehead atoms. The first-order chi connectivity index (χ1) is 13.4. The summed E-state index contributed by atoms with van der Waals surface area (Å²) in [6.07, 6.45) is 1.81. The van der Waals surface area contributed by atoms with E-state index in [1.165, 1.54) is 0 Å². The van der Waals surface area contributed by atoms with Crippen LogP contribution in [0.2, 0.25) is 0 Å². The predicted molar refractivity (Wildman–Crippen MR) is 107 cm³/mol. The van der Waals surface area contributed by atoms with Crippen LogP contribution in [-0.4, -0.2) is 14.7 Å². The van der Waals surface area contributed by atoms with Gasteiger partial charge in [-0.2, -0.15) is 4.73 Å². The average molecular weight is 351 g/mol. The van der Waals surface area contributed by atoms with Crippen LogP contribution in [0.1, 0.15) is 5.56 Å². The number of para-hydroxylation sites is 1. The van der Waals surface area contributed by atoms with Crippen LogP contribution in [0.5, 0.6) is 0 Å². The number of aromatic nitrogens is 3. The highest BCUT2D eigenvalue weighted by Gasteiger charge is 2.17. The molecule has 0 unspecified atom stereocenters. The number of imidazole rings is 1. The fourth-order valence-corrected chi connectivity index (χ4v) is 3.28. The molecule has 0 fully saturated rings. The van der Waals surface area contributed by atoms with E-state index in [4.69, 9.17) is 9.82 Å². The lowest BCUT2D eigenvalue weighted by Crippen LogP contribution is -2.12. The Kier molecular flexibility index (Phi) is 3.79. The molecule has 0 aliphatic heterocycles. The molecule has 5 aromatic rings. The lowest BCUT2D eigenvalue weighted by molar-refractivity contribution is 0.110. The van der Waals surface area contributed by atoms with Crippen molar-refractivity contribution in [2.24, 2.45) is 0 Å². The van der Waals surface area contributed by atoms with E-state index in [9.17, 15) is 0 Å². The molecule has 130 valence electrons. The lowest BCUT2D eigenvalue weighted by atomic mass is 10.2. The monoisotopic (exact) mass is 351 g/mol. The Bertz CT molecular complexity index is 1210. The van der Waals surface area contributed by atoms with Gasteiger partial charge in [0.2, 0.25) is 0 Å². The molecule has 0 aliphatic carbocycles. The number of nitrogens with zero attached hydrogens (tertiary/aromatic N) is 3. The van der Waals surface area contributed by atoms with Crippen LogP contribution in [0, 0.1) is 0 Å². The zero-order valence-corrected chi connectivity index (χ0v) is 14.6. The highest BCUT2D eigenvalue weighted by Crippen LogP contribution is 2.28. The second-order valence-corrected chi connectivity index (χ2v) is 6.36. The fourth-order valence-electron chi connectivity index (χ4n) is 3.28. The van der Waals surface area contributed by atoms with Crippen LogP contribution < -0.4 is 4.84 Å². The van der Waals surface area contributed by atoms with Gasteiger partial charge in [0.25, 0.3) is 0 Å². The van der Waals surface area contributed by atoms with Gasteiger partial charge in [-0.3, -0.25) is 4.98 Å². The first-order valence-corrected chi connectivity index (χ1v) is 8.89. The maximum absolute atomic E-state index is 6.27. The van der Waals surface area contributed by atoms with Crippen molar-refractivity contribution >= 4 is 21.9 Å². The molecule has 0 radical (unpaired) electrons. The molecule has 27 heavy (non-hydrogen) atoms. The standard InChI is InChI=1S/C23H17N3O/c1-3-9-17(10-4-1)16-27-26-22-19-13-7-8-14-20(19)24-15-21(22)25-23(26)18-11-5-2-6-12-18/h1-15H,16H2. The van der Waals surface area contributed by atoms with E-state index in [1.807, 2.05) is 77.7 Å². The number of fused-ring (bicyclic) bond motifs is 3. The SMILES string of the molecule is c1ccc(COn2c(-c3ccccc3)nc3cnc4ccccc4c32)cc1. The fraction of sp³-hybridized carbons (Fsp3) is 0.0435. The first kappa shape index (κ1) is 15.6. The second kappa shape index (κ2) is 6.57. The Morgan fingerprint density at radius 2 is 1.44 bits per heavy atom. The van der Waals surface area contributed by atoms with Gasteiger partial charge in [-0.25, -0.2) is 4.98 Å². The molecule has 4 nitrogen and oxygen atoms in total. The number of hydrogen-bond acceptors (Lipinski definition) is 3. The first-order valence-electron chi connectivity index (χ1n) is 8.89. The van der Waals surface area contributed by atoms with E-state index in [-0.39, 0.29) is 0 Å². The second-order valence-electron chi connectivity index (χ2n) is 6.36. The Morgan fingerprint density at radius 1 is 0.741 bits per heavy atom. The van der Waals surface area contributed by atoms with Gasteiger partial charge in [-0.1, -0.05) is 78.9 Å². The summed E-state index contributed by atoms with van der Waals surface area (Å²) in [5.74, 6) is 0.777. The van der Waals surface area contributed by atoms with Crippen molar-refractivity contribution in [3.8, 4) is 11.4 Å². The number of benzene rings is 3. The summed E-state index contributed by atoms with van der Waals surface area (Å²) in [5.41, 5.74) is 4.80. The molecule has 0 saturated heterocycles. The summed E-state index contributed by atoms with van der Waals surface area (Å²) >= 11 is 0. The highest BCUT2D eigenvalue weighted by atomic mass is 16.7. The van der Waals surface area contributed by atoms with Crippen LogP contribution >= 0.6 is 0 Å². The summed E-state index contributed by atoms with van der Waals surface area (Å²) in [6.45, 7) is 0.461. The Hall–Kier alpha value is -3.66. The topological polar surface area (TPSA) is 39.9 Å². The van der Waals surface area contributed by atoms with Gasteiger partial charge >= 0.3 is 0 Å². The Balaban J connectivity index is 1.72. The van der Waals surface area contributed by atoms with E-state index in [0.29, 0.717) is 6.61 Å². The summed E-state index contributed by atoms with van der Waals surface area (Å²) < 4.78 is 1.85. The zero-order chi connectivity index (χ0) is 18.1. The van der Waals surface area contributed by atoms with Gasteiger partial charge in [0.1, 0.15) is 17.6 Å². The number of pyridine rings is 1. The van der Waals surface area contributed by atoms with Gasteiger partial charge in [0, 0.05) is 10.9 Å². The molecule has 5 rings (SSSR count). The average Bonchev–Trinajstić information content (AvgIpc) is 3.13. The molecule has 0 N–H and O–H groups in total. The van der Waals surface area contributed by atoms with Crippen molar-refractivity contribution in [3.63, 3.8) is 0 Å². The maximum Gasteiger partial charge on any atom is 0.176 e. The van der Waals surface area contributed by atoms with Crippen molar-refractivity contribution in [1.29, 1.82) is 0 Å². The van der Waals surface area contributed by atoms with Gasteiger partial charge in [-0.15, -0.1) is 0 Å². The van der Waals surface area contributed by atoms with E-state index >= 15 is 0 Å². The van der Waals surface area contributed by atoms with E-state index in [2.05, 4.69) is 23.2 Å². The Morgan fingerprint density at radius 3 is 2.26 bits per heavy atom. The quantitative estimate of drug-likeness (QED) is 0.463. The zero-order valence-electron chi connectivity index (χ0n) is 14.6. The third-order valence-electron chi connectivity index (χ3n) is 4.58. The van der Waals surface area contributed by atoms with Crippen LogP contribution in [0.15, 0.2) is 91.1 Å². The van der Waals surface area contributed by atoms with Crippen LogP contribution in [-0.2, 0) is 6.61 Å². The minimum atomic E-state index is 0.461. The third kappa shape index (κ3) is 2.81. The molecule has 0 spiro atoms. The van der Waals surface area contributed by atoms with Gasteiger partial charge < -0.3 is 4.84 Å². The predicted octanol–water partition coefficient (Wildman–Crippen LogP) is 4.88. The maximum atomic E-state index is 6.27. The van der Waals surface area contributed by atoms with Crippen molar-refractivity contribution in [1.82, 2.24) is 14.7 Å². The molecular weight excluding hydrogens is 334 g/mol. The van der Waals surface area contributed by atoms with E-state index in [0.717, 1.165) is 38.9 Å². The molecule has 0 aliphatic rings. The normalized spacial score (nSPS) is 11.1. The molecule has 0 saturated carbocycles. The largest absolute Gasteiger partial charge is 0.407 e. The third-order valence-corrected chi connectivity index (χ3v) is 4.58. The summed E-state index contributed by atoms with van der Waals surface area (Å²) in [6, 6.07) is 28.3. The van der Waals surface area contributed by atoms with Crippen LogP contribution in [0.4, 0.5) is 0 Å². The minimum absolute atomic E-state index is 0.461. The lowest BCUT2D eigenvalue weighted by Gasteiger charge is -2.12. The molecule has 3 aromatic carbocycles. The van der Waals surface area contributed by atoms with E-state index in [1.54, 1.807) is 0 Å². The van der Waals surface area contributed by atoms with Crippen LogP contribution in [0.25, 0.3) is 33.3 Å².